The summed E-state index contributed by atoms with van der Waals surface area (Å²) >= 11 is 0. The second-order valence-corrected chi connectivity index (χ2v) is 4.98. The molecule has 0 fully saturated rings. The summed E-state index contributed by atoms with van der Waals surface area (Å²) in [5.41, 5.74) is -1.04. The zero-order chi connectivity index (χ0) is 15.9. The molecule has 1 aromatic rings. The van der Waals surface area contributed by atoms with Gasteiger partial charge in [0.2, 0.25) is 0 Å². The summed E-state index contributed by atoms with van der Waals surface area (Å²) in [4.78, 5) is 14.7. The summed E-state index contributed by atoms with van der Waals surface area (Å²) in [6, 6.07) is 2.71. The van der Waals surface area contributed by atoms with Gasteiger partial charge in [0.25, 0.3) is 5.69 Å². The van der Waals surface area contributed by atoms with Crippen molar-refractivity contribution in [2.45, 2.75) is 25.9 Å². The summed E-state index contributed by atoms with van der Waals surface area (Å²) in [5.74, 6) is 0.767. The Labute approximate surface area is 123 Å². The van der Waals surface area contributed by atoms with Crippen molar-refractivity contribution in [2.75, 3.05) is 37.4 Å². The first-order chi connectivity index (χ1) is 9.88. The minimum Gasteiger partial charge on any atom is -0.388 e. The Kier molecular flexibility index (Phi) is 6.32. The van der Waals surface area contributed by atoms with Crippen LogP contribution in [0.25, 0.3) is 0 Å². The summed E-state index contributed by atoms with van der Waals surface area (Å²) in [7, 11) is 1.56. The lowest BCUT2D eigenvalue weighted by molar-refractivity contribution is -0.384. The van der Waals surface area contributed by atoms with Gasteiger partial charge in [0, 0.05) is 33.2 Å². The van der Waals surface area contributed by atoms with Crippen molar-refractivity contribution >= 4 is 17.3 Å². The molecule has 0 spiro atoms. The third-order valence-corrected chi connectivity index (χ3v) is 2.87. The zero-order valence-corrected chi connectivity index (χ0v) is 12.5. The number of aromatic nitrogens is 1. The molecule has 0 saturated heterocycles. The summed E-state index contributed by atoms with van der Waals surface area (Å²) in [6.45, 7) is 4.81. The predicted molar refractivity (Wildman–Crippen MR) is 80.7 cm³/mol. The summed E-state index contributed by atoms with van der Waals surface area (Å²) < 4.78 is 4.93. The van der Waals surface area contributed by atoms with Crippen LogP contribution in [-0.4, -0.2) is 47.4 Å². The quantitative estimate of drug-likeness (QED) is 0.469. The van der Waals surface area contributed by atoms with Gasteiger partial charge in [0.1, 0.15) is 11.6 Å². The molecule has 0 aliphatic carbocycles. The van der Waals surface area contributed by atoms with Gasteiger partial charge in [-0.2, -0.15) is 0 Å². The Bertz CT molecular complexity index is 479. The SMILES string of the molecule is CCNc1cc([N+](=O)[O-])cc(NCC(C)(O)CCOC)n1. The molecule has 21 heavy (non-hydrogen) atoms. The normalized spacial score (nSPS) is 13.5. The first-order valence-electron chi connectivity index (χ1n) is 6.73. The van der Waals surface area contributed by atoms with Gasteiger partial charge < -0.3 is 20.5 Å². The Morgan fingerprint density at radius 2 is 2.05 bits per heavy atom. The molecule has 1 aromatic heterocycles. The Morgan fingerprint density at radius 1 is 1.43 bits per heavy atom. The highest BCUT2D eigenvalue weighted by Crippen LogP contribution is 2.21. The highest BCUT2D eigenvalue weighted by atomic mass is 16.6. The molecule has 0 aromatic carbocycles. The van der Waals surface area contributed by atoms with Crippen LogP contribution in [0.3, 0.4) is 0 Å². The van der Waals surface area contributed by atoms with Crippen molar-refractivity contribution in [3.05, 3.63) is 22.2 Å². The van der Waals surface area contributed by atoms with Crippen LogP contribution in [0.1, 0.15) is 20.3 Å². The number of aliphatic hydroxyl groups is 1. The number of hydrogen-bond donors (Lipinski definition) is 3. The van der Waals surface area contributed by atoms with E-state index in [2.05, 4.69) is 15.6 Å². The van der Waals surface area contributed by atoms with Gasteiger partial charge in [-0.25, -0.2) is 4.98 Å². The van der Waals surface area contributed by atoms with Crippen LogP contribution < -0.4 is 10.6 Å². The average molecular weight is 298 g/mol. The van der Waals surface area contributed by atoms with Gasteiger partial charge >= 0.3 is 0 Å². The molecule has 8 heteroatoms. The van der Waals surface area contributed by atoms with E-state index in [9.17, 15) is 15.2 Å². The maximum atomic E-state index is 10.9. The highest BCUT2D eigenvalue weighted by Gasteiger charge is 2.20. The second kappa shape index (κ2) is 7.75. The van der Waals surface area contributed by atoms with E-state index in [1.165, 1.54) is 12.1 Å². The molecule has 0 radical (unpaired) electrons. The fourth-order valence-corrected chi connectivity index (χ4v) is 1.68. The Morgan fingerprint density at radius 3 is 2.57 bits per heavy atom. The fourth-order valence-electron chi connectivity index (χ4n) is 1.68. The topological polar surface area (TPSA) is 110 Å². The van der Waals surface area contributed by atoms with Crippen molar-refractivity contribution in [3.63, 3.8) is 0 Å². The molecule has 8 nitrogen and oxygen atoms in total. The maximum Gasteiger partial charge on any atom is 0.276 e. The van der Waals surface area contributed by atoms with Crippen LogP contribution in [-0.2, 0) is 4.74 Å². The number of anilines is 2. The van der Waals surface area contributed by atoms with Gasteiger partial charge in [-0.15, -0.1) is 0 Å². The van der Waals surface area contributed by atoms with Crippen molar-refractivity contribution in [1.29, 1.82) is 0 Å². The highest BCUT2D eigenvalue weighted by molar-refractivity contribution is 5.54. The number of methoxy groups -OCH3 is 1. The molecule has 0 bridgehead atoms. The van der Waals surface area contributed by atoms with E-state index in [1.54, 1.807) is 14.0 Å². The third kappa shape index (κ3) is 5.92. The predicted octanol–water partition coefficient (Wildman–Crippen LogP) is 1.62. The second-order valence-electron chi connectivity index (χ2n) is 4.98. The number of rotatable bonds is 9. The van der Waals surface area contributed by atoms with Crippen LogP contribution in [0.4, 0.5) is 17.3 Å². The van der Waals surface area contributed by atoms with E-state index < -0.39 is 10.5 Å². The molecule has 0 saturated carbocycles. The van der Waals surface area contributed by atoms with Crippen LogP contribution in [0, 0.1) is 10.1 Å². The third-order valence-electron chi connectivity index (χ3n) is 2.87. The minimum absolute atomic E-state index is 0.0556. The maximum absolute atomic E-state index is 10.9. The summed E-state index contributed by atoms with van der Waals surface area (Å²) in [6.07, 6.45) is 0.450. The monoisotopic (exact) mass is 298 g/mol. The fraction of sp³-hybridized carbons (Fsp3) is 0.615. The molecule has 1 rings (SSSR count). The van der Waals surface area contributed by atoms with E-state index in [1.807, 2.05) is 6.92 Å². The van der Waals surface area contributed by atoms with E-state index in [0.29, 0.717) is 31.2 Å². The Balaban J connectivity index is 2.79. The number of hydrogen-bond acceptors (Lipinski definition) is 7. The smallest absolute Gasteiger partial charge is 0.276 e. The van der Waals surface area contributed by atoms with Gasteiger partial charge in [-0.1, -0.05) is 0 Å². The molecule has 3 N–H and O–H groups in total. The largest absolute Gasteiger partial charge is 0.388 e. The molecule has 1 heterocycles. The minimum atomic E-state index is -0.985. The number of nitro groups is 1. The standard InChI is InChI=1S/C13H22N4O4/c1-4-14-11-7-10(17(19)20)8-12(16-11)15-9-13(2,18)5-6-21-3/h7-8,18H,4-6,9H2,1-3H3,(H2,14,15,16). The van der Waals surface area contributed by atoms with Crippen LogP contribution >= 0.6 is 0 Å². The van der Waals surface area contributed by atoms with Gasteiger partial charge in [-0.05, 0) is 13.8 Å². The molecular weight excluding hydrogens is 276 g/mol. The average Bonchev–Trinajstić information content (AvgIpc) is 2.43. The molecule has 1 atom stereocenters. The van der Waals surface area contributed by atoms with Crippen molar-refractivity contribution < 1.29 is 14.8 Å². The molecule has 0 amide bonds. The first-order valence-corrected chi connectivity index (χ1v) is 6.73. The molecule has 1 unspecified atom stereocenters. The first kappa shape index (κ1) is 17.1. The van der Waals surface area contributed by atoms with Crippen molar-refractivity contribution in [3.8, 4) is 0 Å². The zero-order valence-electron chi connectivity index (χ0n) is 12.5. The number of pyridine rings is 1. The Hall–Kier alpha value is -1.93. The lowest BCUT2D eigenvalue weighted by Crippen LogP contribution is -2.34. The molecular formula is C13H22N4O4. The van der Waals surface area contributed by atoms with Crippen LogP contribution in [0.15, 0.2) is 12.1 Å². The molecule has 0 aliphatic heterocycles. The van der Waals surface area contributed by atoms with E-state index in [4.69, 9.17) is 4.74 Å². The van der Waals surface area contributed by atoms with Gasteiger partial charge in [0.15, 0.2) is 0 Å². The molecule has 0 aliphatic rings. The number of nitrogens with one attached hydrogen (secondary N) is 2. The van der Waals surface area contributed by atoms with Gasteiger partial charge in [0.05, 0.1) is 22.7 Å². The lowest BCUT2D eigenvalue weighted by Gasteiger charge is -2.23. The number of ether oxygens (including phenoxy) is 1. The van der Waals surface area contributed by atoms with Crippen LogP contribution in [0.5, 0.6) is 0 Å². The summed E-state index contributed by atoms with van der Waals surface area (Å²) in [5, 5.41) is 26.9. The van der Waals surface area contributed by atoms with E-state index in [-0.39, 0.29) is 12.2 Å². The van der Waals surface area contributed by atoms with E-state index in [0.717, 1.165) is 0 Å². The lowest BCUT2D eigenvalue weighted by atomic mass is 10.0. The van der Waals surface area contributed by atoms with Crippen molar-refractivity contribution in [1.82, 2.24) is 4.98 Å². The molecule has 118 valence electrons. The van der Waals surface area contributed by atoms with Crippen molar-refractivity contribution in [2.24, 2.45) is 0 Å². The van der Waals surface area contributed by atoms with E-state index >= 15 is 0 Å². The van der Waals surface area contributed by atoms with Gasteiger partial charge in [-0.3, -0.25) is 10.1 Å². The van der Waals surface area contributed by atoms with Crippen LogP contribution in [0.2, 0.25) is 0 Å². The number of nitrogens with zero attached hydrogens (tertiary/aromatic N) is 2.